The highest BCUT2D eigenvalue weighted by atomic mass is 19.3. The van der Waals surface area contributed by atoms with Crippen LogP contribution in [0.15, 0.2) is 71.8 Å². The maximum absolute atomic E-state index is 14.9. The Hall–Kier alpha value is -5.08. The van der Waals surface area contributed by atoms with Crippen molar-refractivity contribution in [2.24, 2.45) is 7.05 Å². The van der Waals surface area contributed by atoms with Crippen LogP contribution in [0.5, 0.6) is 0 Å². The first-order chi connectivity index (χ1) is 22.6. The Kier molecular flexibility index (Phi) is 8.33. The summed E-state index contributed by atoms with van der Waals surface area (Å²) in [6.45, 7) is -1.16. The van der Waals surface area contributed by atoms with Crippen LogP contribution in [0, 0.1) is 11.6 Å². The van der Waals surface area contributed by atoms with E-state index in [1.54, 1.807) is 49.6 Å². The fourth-order valence-electron chi connectivity index (χ4n) is 6.04. The van der Waals surface area contributed by atoms with Crippen molar-refractivity contribution in [3.8, 4) is 11.1 Å². The summed E-state index contributed by atoms with van der Waals surface area (Å²) in [4.78, 5) is 30.7. The van der Waals surface area contributed by atoms with Gasteiger partial charge in [-0.3, -0.25) is 19.3 Å². The molecule has 1 atom stereocenters. The van der Waals surface area contributed by atoms with Gasteiger partial charge in [0, 0.05) is 49.3 Å². The summed E-state index contributed by atoms with van der Waals surface area (Å²) in [6, 6.07) is 11.3. The molecule has 6 rings (SSSR count). The molecule has 0 saturated carbocycles. The molecule has 7 nitrogen and oxygen atoms in total. The third-order valence-corrected chi connectivity index (χ3v) is 8.20. The van der Waals surface area contributed by atoms with E-state index in [4.69, 9.17) is 0 Å². The number of carbonyl (C=O) groups is 1. The number of alkyl halides is 6. The van der Waals surface area contributed by atoms with E-state index < -0.39 is 78.2 Å². The number of pyridine rings is 2. The molecule has 0 aliphatic heterocycles. The number of aryl methyl sites for hydroxylation is 1. The molecule has 0 fully saturated rings. The molecule has 0 unspecified atom stereocenters. The number of hydrogen-bond donors (Lipinski definition) is 1. The highest BCUT2D eigenvalue weighted by Gasteiger charge is 2.55. The molecule has 5 aromatic rings. The second-order valence-electron chi connectivity index (χ2n) is 11.5. The van der Waals surface area contributed by atoms with Gasteiger partial charge in [-0.05, 0) is 53.3 Å². The molecule has 3 heterocycles. The number of amides is 1. The van der Waals surface area contributed by atoms with Gasteiger partial charge in [0.1, 0.15) is 29.6 Å². The van der Waals surface area contributed by atoms with E-state index in [0.29, 0.717) is 28.0 Å². The Morgan fingerprint density at radius 2 is 1.67 bits per heavy atom. The molecule has 1 aliphatic carbocycles. The average molecular weight is 676 g/mol. The highest BCUT2D eigenvalue weighted by Crippen LogP contribution is 2.52. The molecule has 48 heavy (non-hydrogen) atoms. The molecule has 0 spiro atoms. The van der Waals surface area contributed by atoms with Crippen LogP contribution < -0.4 is 10.9 Å². The molecule has 3 aromatic heterocycles. The Balaban J connectivity index is 1.42. The van der Waals surface area contributed by atoms with E-state index in [0.717, 1.165) is 12.1 Å². The lowest BCUT2D eigenvalue weighted by Crippen LogP contribution is -2.37. The monoisotopic (exact) mass is 675 g/mol. The number of fused-ring (bicyclic) bond motifs is 2. The van der Waals surface area contributed by atoms with Gasteiger partial charge in [0.2, 0.25) is 5.91 Å². The third kappa shape index (κ3) is 6.16. The SMILES string of the molecule is Cn1ccc2ccc(-c3cccnc3[C@H](Cc3cc(F)cc(F)c3)NC(=O)Cn3nc(C(F)F)c4c3C(F)(F)CCC4(F)F)cc2c1=O. The lowest BCUT2D eigenvalue weighted by molar-refractivity contribution is -0.123. The van der Waals surface area contributed by atoms with E-state index in [1.807, 2.05) is 0 Å². The number of hydrogen-bond acceptors (Lipinski definition) is 4. The minimum Gasteiger partial charge on any atom is -0.346 e. The van der Waals surface area contributed by atoms with Gasteiger partial charge in [-0.1, -0.05) is 18.2 Å². The molecule has 1 amide bonds. The van der Waals surface area contributed by atoms with Gasteiger partial charge in [-0.25, -0.2) is 26.3 Å². The van der Waals surface area contributed by atoms with E-state index in [9.17, 15) is 44.7 Å². The van der Waals surface area contributed by atoms with Crippen molar-refractivity contribution >= 4 is 16.7 Å². The molecule has 2 aromatic carbocycles. The van der Waals surface area contributed by atoms with Crippen molar-refractivity contribution in [2.45, 2.75) is 50.1 Å². The molecule has 15 heteroatoms. The third-order valence-electron chi connectivity index (χ3n) is 8.20. The van der Waals surface area contributed by atoms with Crippen molar-refractivity contribution < 1.29 is 39.9 Å². The maximum atomic E-state index is 14.9. The molecule has 0 bridgehead atoms. The van der Waals surface area contributed by atoms with Crippen LogP contribution in [0.3, 0.4) is 0 Å². The van der Waals surface area contributed by atoms with Crippen molar-refractivity contribution in [1.29, 1.82) is 0 Å². The molecule has 0 saturated heterocycles. The van der Waals surface area contributed by atoms with Crippen molar-refractivity contribution in [1.82, 2.24) is 24.6 Å². The summed E-state index contributed by atoms with van der Waals surface area (Å²) in [5.74, 6) is -11.0. The lowest BCUT2D eigenvalue weighted by atomic mass is 9.89. The van der Waals surface area contributed by atoms with Gasteiger partial charge in [0.15, 0.2) is 0 Å². The second-order valence-corrected chi connectivity index (χ2v) is 11.5. The van der Waals surface area contributed by atoms with Gasteiger partial charge in [0.25, 0.3) is 23.8 Å². The summed E-state index contributed by atoms with van der Waals surface area (Å²) in [5, 5.41) is 6.85. The second kappa shape index (κ2) is 12.2. The number of aromatic nitrogens is 4. The molecule has 1 N–H and O–H groups in total. The first-order valence-corrected chi connectivity index (χ1v) is 14.6. The molecule has 0 radical (unpaired) electrons. The van der Waals surface area contributed by atoms with Gasteiger partial charge >= 0.3 is 0 Å². The molecule has 250 valence electrons. The highest BCUT2D eigenvalue weighted by molar-refractivity contribution is 5.87. The predicted molar refractivity (Wildman–Crippen MR) is 158 cm³/mol. The zero-order valence-corrected chi connectivity index (χ0v) is 25.0. The van der Waals surface area contributed by atoms with Crippen molar-refractivity contribution in [3.05, 3.63) is 117 Å². The van der Waals surface area contributed by atoms with E-state index in [2.05, 4.69) is 15.4 Å². The molecule has 1 aliphatic rings. The van der Waals surface area contributed by atoms with Crippen LogP contribution in [-0.4, -0.2) is 25.2 Å². The average Bonchev–Trinajstić information content (AvgIpc) is 3.42. The minimum absolute atomic E-state index is 0.0596. The van der Waals surface area contributed by atoms with Gasteiger partial charge in [-0.2, -0.15) is 13.9 Å². The van der Waals surface area contributed by atoms with E-state index >= 15 is 0 Å². The normalized spacial score (nSPS) is 15.8. The summed E-state index contributed by atoms with van der Waals surface area (Å²) in [5.41, 5.74) is -3.89. The van der Waals surface area contributed by atoms with Crippen LogP contribution >= 0.6 is 0 Å². The topological polar surface area (TPSA) is 81.8 Å². The van der Waals surface area contributed by atoms with Crippen LogP contribution in [0.4, 0.5) is 35.1 Å². The summed E-state index contributed by atoms with van der Waals surface area (Å²) in [6.07, 6.45) is -3.71. The van der Waals surface area contributed by atoms with Crippen LogP contribution in [-0.2, 0) is 36.7 Å². The number of rotatable bonds is 8. The van der Waals surface area contributed by atoms with Crippen LogP contribution in [0.2, 0.25) is 0 Å². The predicted octanol–water partition coefficient (Wildman–Crippen LogP) is 7.09. The zero-order chi connectivity index (χ0) is 34.5. The number of benzene rings is 2. The lowest BCUT2D eigenvalue weighted by Gasteiger charge is -2.29. The van der Waals surface area contributed by atoms with Gasteiger partial charge in [0.05, 0.1) is 17.3 Å². The van der Waals surface area contributed by atoms with Crippen molar-refractivity contribution in [2.75, 3.05) is 0 Å². The zero-order valence-electron chi connectivity index (χ0n) is 25.0. The van der Waals surface area contributed by atoms with E-state index in [1.165, 1.54) is 10.8 Å². The first kappa shape index (κ1) is 32.8. The first-order valence-electron chi connectivity index (χ1n) is 14.6. The Labute approximate surface area is 266 Å². The Morgan fingerprint density at radius 3 is 2.38 bits per heavy atom. The Morgan fingerprint density at radius 1 is 0.958 bits per heavy atom. The number of nitrogens with zero attached hydrogens (tertiary/aromatic N) is 4. The van der Waals surface area contributed by atoms with Gasteiger partial charge < -0.3 is 9.88 Å². The fourth-order valence-corrected chi connectivity index (χ4v) is 6.04. The largest absolute Gasteiger partial charge is 0.346 e. The van der Waals surface area contributed by atoms with Crippen LogP contribution in [0.1, 0.15) is 53.5 Å². The van der Waals surface area contributed by atoms with Crippen LogP contribution in [0.25, 0.3) is 21.9 Å². The standard InChI is InChI=1S/C33H25F8N5O2/c1-45-10-6-18-4-5-19(14-23(18)31(45)48)22-3-2-9-42-27(22)24(13-17-11-20(34)15-21(35)12-17)43-25(47)16-46-29-26(28(44-46)30(36)37)32(38,39)7-8-33(29,40)41/h2-6,9-12,14-15,24,30H,7-8,13,16H2,1H3,(H,43,47)/t24-/m0/s1. The number of nitrogens with one attached hydrogen (secondary N) is 1. The maximum Gasteiger partial charge on any atom is 0.290 e. The van der Waals surface area contributed by atoms with Gasteiger partial charge in [-0.15, -0.1) is 0 Å². The molecular weight excluding hydrogens is 650 g/mol. The smallest absolute Gasteiger partial charge is 0.290 e. The summed E-state index contributed by atoms with van der Waals surface area (Å²) < 4.78 is 117. The fraction of sp³-hybridized carbons (Fsp3) is 0.273. The van der Waals surface area contributed by atoms with Crippen molar-refractivity contribution in [3.63, 3.8) is 0 Å². The summed E-state index contributed by atoms with van der Waals surface area (Å²) >= 11 is 0. The quantitative estimate of drug-likeness (QED) is 0.178. The molecular formula is C33H25F8N5O2. The van der Waals surface area contributed by atoms with E-state index in [-0.39, 0.29) is 27.9 Å². The summed E-state index contributed by atoms with van der Waals surface area (Å²) in [7, 11) is 1.58. The Bertz CT molecular complexity index is 2090. The number of halogens is 8. The minimum atomic E-state index is -4.04. The number of carbonyl (C=O) groups excluding carboxylic acids is 1.